The first-order valence-electron chi connectivity index (χ1n) is 3.88. The van der Waals surface area contributed by atoms with E-state index in [1.807, 2.05) is 18.5 Å². The molecule has 0 radical (unpaired) electrons. The maximum absolute atomic E-state index is 4.15. The number of halogens is 1. The van der Waals surface area contributed by atoms with E-state index in [2.05, 4.69) is 38.0 Å². The van der Waals surface area contributed by atoms with E-state index >= 15 is 0 Å². The van der Waals surface area contributed by atoms with Gasteiger partial charge in [-0.15, -0.1) is 0 Å². The Morgan fingerprint density at radius 3 is 2.58 bits per heavy atom. The third-order valence-corrected chi connectivity index (χ3v) is 2.38. The molecule has 1 heterocycles. The molecule has 0 saturated heterocycles. The molecular formula is C9H9BrN2. The fourth-order valence-corrected chi connectivity index (χ4v) is 1.47. The molecular weight excluding hydrogens is 216 g/mol. The second-order valence-electron chi connectivity index (χ2n) is 2.69. The van der Waals surface area contributed by atoms with Gasteiger partial charge in [-0.2, -0.15) is 0 Å². The average molecular weight is 225 g/mol. The highest BCUT2D eigenvalue weighted by atomic mass is 79.9. The van der Waals surface area contributed by atoms with Gasteiger partial charge in [0.2, 0.25) is 0 Å². The van der Waals surface area contributed by atoms with E-state index in [0.717, 1.165) is 17.6 Å². The van der Waals surface area contributed by atoms with Crippen molar-refractivity contribution in [2.45, 2.75) is 0 Å². The summed E-state index contributed by atoms with van der Waals surface area (Å²) in [5.41, 5.74) is 1.21. The van der Waals surface area contributed by atoms with E-state index in [1.165, 1.54) is 5.69 Å². The lowest BCUT2D eigenvalue weighted by Crippen LogP contribution is -2.17. The highest BCUT2D eigenvalue weighted by Crippen LogP contribution is 2.18. The monoisotopic (exact) mass is 224 g/mol. The van der Waals surface area contributed by atoms with Crippen LogP contribution in [-0.2, 0) is 0 Å². The maximum atomic E-state index is 4.15. The molecule has 1 aliphatic rings. The third kappa shape index (κ3) is 1.50. The van der Waals surface area contributed by atoms with Crippen LogP contribution in [0, 0.1) is 0 Å². The van der Waals surface area contributed by atoms with Crippen molar-refractivity contribution in [1.29, 1.82) is 0 Å². The summed E-state index contributed by atoms with van der Waals surface area (Å²) < 4.78 is 1.11. The molecule has 62 valence electrons. The normalized spacial score (nSPS) is 15.6. The van der Waals surface area contributed by atoms with E-state index in [0.29, 0.717) is 0 Å². The SMILES string of the molecule is Brc1ccc(N2C=NCC2)cc1. The smallest absolute Gasteiger partial charge is 0.0895 e. The Bertz CT molecular complexity index is 292. The van der Waals surface area contributed by atoms with Gasteiger partial charge < -0.3 is 4.90 Å². The van der Waals surface area contributed by atoms with Crippen LogP contribution >= 0.6 is 15.9 Å². The fourth-order valence-electron chi connectivity index (χ4n) is 1.21. The number of nitrogens with zero attached hydrogens (tertiary/aromatic N) is 2. The van der Waals surface area contributed by atoms with Crippen LogP contribution < -0.4 is 4.90 Å². The molecule has 0 aliphatic carbocycles. The van der Waals surface area contributed by atoms with Crippen LogP contribution in [0.4, 0.5) is 5.69 Å². The Kier molecular flexibility index (Phi) is 2.13. The van der Waals surface area contributed by atoms with Gasteiger partial charge in [0.25, 0.3) is 0 Å². The summed E-state index contributed by atoms with van der Waals surface area (Å²) in [7, 11) is 0. The highest BCUT2D eigenvalue weighted by molar-refractivity contribution is 9.10. The second-order valence-corrected chi connectivity index (χ2v) is 3.61. The van der Waals surface area contributed by atoms with Gasteiger partial charge in [-0.1, -0.05) is 15.9 Å². The van der Waals surface area contributed by atoms with Crippen LogP contribution in [0.25, 0.3) is 0 Å². The summed E-state index contributed by atoms with van der Waals surface area (Å²) in [6, 6.07) is 8.26. The first-order valence-corrected chi connectivity index (χ1v) is 4.68. The molecule has 0 bridgehead atoms. The van der Waals surface area contributed by atoms with Crippen molar-refractivity contribution in [3.8, 4) is 0 Å². The molecule has 0 spiro atoms. The molecule has 2 rings (SSSR count). The van der Waals surface area contributed by atoms with E-state index in [-0.39, 0.29) is 0 Å². The number of aliphatic imine (C=N–C) groups is 1. The minimum Gasteiger partial charge on any atom is -0.331 e. The van der Waals surface area contributed by atoms with Gasteiger partial charge in [0.15, 0.2) is 0 Å². The van der Waals surface area contributed by atoms with E-state index < -0.39 is 0 Å². The van der Waals surface area contributed by atoms with E-state index in [1.54, 1.807) is 0 Å². The van der Waals surface area contributed by atoms with Crippen molar-refractivity contribution in [2.75, 3.05) is 18.0 Å². The molecule has 1 aliphatic heterocycles. The van der Waals surface area contributed by atoms with Crippen molar-refractivity contribution < 1.29 is 0 Å². The molecule has 1 aromatic carbocycles. The number of hydrogen-bond donors (Lipinski definition) is 0. The predicted octanol–water partition coefficient (Wildman–Crippen LogP) is 2.30. The van der Waals surface area contributed by atoms with Gasteiger partial charge in [0, 0.05) is 16.7 Å². The first-order chi connectivity index (χ1) is 5.86. The molecule has 2 nitrogen and oxygen atoms in total. The van der Waals surface area contributed by atoms with Crippen LogP contribution in [0.3, 0.4) is 0 Å². The molecule has 0 N–H and O–H groups in total. The van der Waals surface area contributed by atoms with Crippen LogP contribution in [0.2, 0.25) is 0 Å². The molecule has 0 unspecified atom stereocenters. The average Bonchev–Trinajstić information content (AvgIpc) is 2.58. The summed E-state index contributed by atoms with van der Waals surface area (Å²) >= 11 is 3.40. The van der Waals surface area contributed by atoms with Crippen LogP contribution in [-0.4, -0.2) is 19.4 Å². The minimum atomic E-state index is 0.913. The molecule has 0 saturated carbocycles. The van der Waals surface area contributed by atoms with Crippen molar-refractivity contribution >= 4 is 28.0 Å². The van der Waals surface area contributed by atoms with Gasteiger partial charge in [-0.3, -0.25) is 4.99 Å². The van der Waals surface area contributed by atoms with Crippen molar-refractivity contribution in [3.05, 3.63) is 28.7 Å². The number of benzene rings is 1. The summed E-state index contributed by atoms with van der Waals surface area (Å²) in [6.07, 6.45) is 1.89. The zero-order valence-corrected chi connectivity index (χ0v) is 8.16. The Balaban J connectivity index is 2.23. The largest absolute Gasteiger partial charge is 0.331 e. The summed E-state index contributed by atoms with van der Waals surface area (Å²) in [5, 5.41) is 0. The summed E-state index contributed by atoms with van der Waals surface area (Å²) in [4.78, 5) is 6.30. The number of hydrogen-bond acceptors (Lipinski definition) is 2. The Labute approximate surface area is 80.0 Å². The predicted molar refractivity (Wildman–Crippen MR) is 54.8 cm³/mol. The first kappa shape index (κ1) is 7.80. The van der Waals surface area contributed by atoms with Crippen LogP contribution in [0.1, 0.15) is 0 Å². The van der Waals surface area contributed by atoms with Gasteiger partial charge in [0.05, 0.1) is 12.9 Å². The Morgan fingerprint density at radius 2 is 2.00 bits per heavy atom. The number of rotatable bonds is 1. The van der Waals surface area contributed by atoms with Crippen molar-refractivity contribution in [1.82, 2.24) is 0 Å². The Hall–Kier alpha value is -0.830. The zero-order chi connectivity index (χ0) is 8.39. The molecule has 3 heteroatoms. The van der Waals surface area contributed by atoms with Gasteiger partial charge in [0.1, 0.15) is 0 Å². The van der Waals surface area contributed by atoms with E-state index in [4.69, 9.17) is 0 Å². The lowest BCUT2D eigenvalue weighted by molar-refractivity contribution is 1.02. The van der Waals surface area contributed by atoms with Gasteiger partial charge >= 0.3 is 0 Å². The molecule has 0 amide bonds. The van der Waals surface area contributed by atoms with Crippen molar-refractivity contribution in [3.63, 3.8) is 0 Å². The molecule has 0 fully saturated rings. The van der Waals surface area contributed by atoms with E-state index in [9.17, 15) is 0 Å². The highest BCUT2D eigenvalue weighted by Gasteiger charge is 2.06. The van der Waals surface area contributed by atoms with Crippen molar-refractivity contribution in [2.24, 2.45) is 4.99 Å². The standard InChI is InChI=1S/C9H9BrN2/c10-8-1-3-9(4-2-8)12-6-5-11-7-12/h1-4,7H,5-6H2. The maximum Gasteiger partial charge on any atom is 0.0895 e. The van der Waals surface area contributed by atoms with Crippen LogP contribution in [0.15, 0.2) is 33.7 Å². The molecule has 0 atom stereocenters. The molecule has 12 heavy (non-hydrogen) atoms. The Morgan fingerprint density at radius 1 is 1.25 bits per heavy atom. The second kappa shape index (κ2) is 3.27. The molecule has 1 aromatic rings. The number of anilines is 1. The summed E-state index contributed by atoms with van der Waals surface area (Å²) in [6.45, 7) is 1.91. The fraction of sp³-hybridized carbons (Fsp3) is 0.222. The topological polar surface area (TPSA) is 15.6 Å². The zero-order valence-electron chi connectivity index (χ0n) is 6.57. The lowest BCUT2D eigenvalue weighted by atomic mass is 10.3. The molecule has 0 aromatic heterocycles. The summed E-state index contributed by atoms with van der Waals surface area (Å²) in [5.74, 6) is 0. The quantitative estimate of drug-likeness (QED) is 0.715. The minimum absolute atomic E-state index is 0.913. The van der Waals surface area contributed by atoms with Crippen LogP contribution in [0.5, 0.6) is 0 Å². The van der Waals surface area contributed by atoms with Gasteiger partial charge in [-0.25, -0.2) is 0 Å². The lowest BCUT2D eigenvalue weighted by Gasteiger charge is -2.13. The third-order valence-electron chi connectivity index (χ3n) is 1.85. The van der Waals surface area contributed by atoms with Gasteiger partial charge in [-0.05, 0) is 24.3 Å².